The van der Waals surface area contributed by atoms with Crippen molar-refractivity contribution in [2.45, 2.75) is 19.3 Å². The SMILES string of the molecule is CC(=O)Oc1cc2c(c3ccccc13)C(CCl)CN2C(=O)c1ccc(C(=O)N2CCc3c2cc(OC(=O)NCCOCCOCCN2C(=O)C=CC2=O)c2ccccc32)s1. The molecule has 14 nitrogen and oxygen atoms in total. The Balaban J connectivity index is 0.917. The van der Waals surface area contributed by atoms with Crippen molar-refractivity contribution in [2.75, 3.05) is 68.3 Å². The van der Waals surface area contributed by atoms with E-state index in [2.05, 4.69) is 5.32 Å². The van der Waals surface area contributed by atoms with Gasteiger partial charge in [0.25, 0.3) is 23.6 Å². The van der Waals surface area contributed by atoms with E-state index in [0.717, 1.165) is 48.9 Å². The lowest BCUT2D eigenvalue weighted by Gasteiger charge is -2.19. The normalized spacial score (nSPS) is 15.6. The van der Waals surface area contributed by atoms with Gasteiger partial charge in [-0.1, -0.05) is 48.5 Å². The highest BCUT2D eigenvalue weighted by Crippen LogP contribution is 2.47. The van der Waals surface area contributed by atoms with Gasteiger partial charge in [-0.3, -0.25) is 28.9 Å². The topological polar surface area (TPSA) is 161 Å². The van der Waals surface area contributed by atoms with Crippen LogP contribution in [0.25, 0.3) is 21.5 Å². The maximum absolute atomic E-state index is 14.2. The van der Waals surface area contributed by atoms with Crippen LogP contribution in [0.3, 0.4) is 0 Å². The Morgan fingerprint density at radius 2 is 1.35 bits per heavy atom. The van der Waals surface area contributed by atoms with Crippen molar-refractivity contribution in [1.82, 2.24) is 10.2 Å². The number of alkyl halides is 1. The second-order valence-electron chi connectivity index (χ2n) is 14.2. The third-order valence-corrected chi connectivity index (χ3v) is 11.9. The zero-order chi connectivity index (χ0) is 41.9. The van der Waals surface area contributed by atoms with Crippen LogP contribution in [0.2, 0.25) is 0 Å². The molecule has 4 heterocycles. The molecule has 1 atom stereocenters. The number of imide groups is 1. The van der Waals surface area contributed by atoms with Crippen LogP contribution in [0.15, 0.2) is 84.9 Å². The highest BCUT2D eigenvalue weighted by atomic mass is 35.5. The van der Waals surface area contributed by atoms with Crippen LogP contribution in [0.5, 0.6) is 11.5 Å². The summed E-state index contributed by atoms with van der Waals surface area (Å²) in [4.78, 5) is 81.6. The van der Waals surface area contributed by atoms with Crippen molar-refractivity contribution in [3.8, 4) is 11.5 Å². The summed E-state index contributed by atoms with van der Waals surface area (Å²) in [5.74, 6) is -1.03. The van der Waals surface area contributed by atoms with Crippen LogP contribution in [0.1, 0.15) is 43.3 Å². The number of anilines is 2. The maximum atomic E-state index is 14.2. The largest absolute Gasteiger partial charge is 0.426 e. The van der Waals surface area contributed by atoms with Gasteiger partial charge >= 0.3 is 12.1 Å². The molecular formula is C44H39ClN4O10S. The van der Waals surface area contributed by atoms with Crippen molar-refractivity contribution in [2.24, 2.45) is 0 Å². The fourth-order valence-corrected chi connectivity index (χ4v) is 8.98. The van der Waals surface area contributed by atoms with Crippen molar-refractivity contribution in [1.29, 1.82) is 0 Å². The smallest absolute Gasteiger partial charge is 0.412 e. The number of thiophene rings is 1. The fraction of sp³-hybridized carbons (Fsp3) is 0.273. The van der Waals surface area contributed by atoms with E-state index in [9.17, 15) is 28.8 Å². The molecule has 0 fully saturated rings. The first-order chi connectivity index (χ1) is 29.1. The predicted molar refractivity (Wildman–Crippen MR) is 226 cm³/mol. The van der Waals surface area contributed by atoms with Crippen molar-refractivity contribution in [3.63, 3.8) is 0 Å². The highest BCUT2D eigenvalue weighted by Gasteiger charge is 2.37. The number of esters is 1. The number of benzene rings is 4. The zero-order valence-electron chi connectivity index (χ0n) is 32.4. The number of amides is 5. The summed E-state index contributed by atoms with van der Waals surface area (Å²) < 4.78 is 22.3. The number of nitrogens with one attached hydrogen (secondary N) is 1. The van der Waals surface area contributed by atoms with Crippen LogP contribution >= 0.6 is 22.9 Å². The van der Waals surface area contributed by atoms with Gasteiger partial charge in [0.15, 0.2) is 0 Å². The van der Waals surface area contributed by atoms with Gasteiger partial charge < -0.3 is 34.1 Å². The summed E-state index contributed by atoms with van der Waals surface area (Å²) in [6.45, 7) is 3.22. The zero-order valence-corrected chi connectivity index (χ0v) is 34.0. The van der Waals surface area contributed by atoms with Gasteiger partial charge in [0.2, 0.25) is 0 Å². The quantitative estimate of drug-likeness (QED) is 0.0447. The Bertz CT molecular complexity index is 2570. The summed E-state index contributed by atoms with van der Waals surface area (Å²) in [7, 11) is 0. The Hall–Kier alpha value is -6.13. The van der Waals surface area contributed by atoms with Gasteiger partial charge in [-0.05, 0) is 40.5 Å². The van der Waals surface area contributed by atoms with Gasteiger partial charge in [-0.15, -0.1) is 22.9 Å². The van der Waals surface area contributed by atoms with Gasteiger partial charge in [-0.2, -0.15) is 0 Å². The summed E-state index contributed by atoms with van der Waals surface area (Å²) in [5, 5.41) is 5.86. The molecule has 5 aromatic rings. The molecule has 0 aliphatic carbocycles. The lowest BCUT2D eigenvalue weighted by molar-refractivity contribution is -0.137. The average molecular weight is 851 g/mol. The molecule has 8 rings (SSSR count). The van der Waals surface area contributed by atoms with Crippen LogP contribution < -0.4 is 24.6 Å². The molecule has 0 bridgehead atoms. The van der Waals surface area contributed by atoms with E-state index >= 15 is 0 Å². The summed E-state index contributed by atoms with van der Waals surface area (Å²) in [5.41, 5.74) is 3.08. The van der Waals surface area contributed by atoms with E-state index < -0.39 is 12.1 Å². The predicted octanol–water partition coefficient (Wildman–Crippen LogP) is 6.21. The third kappa shape index (κ3) is 8.08. The molecule has 0 saturated carbocycles. The van der Waals surface area contributed by atoms with E-state index in [1.54, 1.807) is 34.1 Å². The number of carbonyl (C=O) groups excluding carboxylic acids is 6. The van der Waals surface area contributed by atoms with E-state index in [0.29, 0.717) is 46.4 Å². The molecule has 308 valence electrons. The van der Waals surface area contributed by atoms with E-state index in [-0.39, 0.29) is 80.7 Å². The lowest BCUT2D eigenvalue weighted by atomic mass is 9.95. The molecule has 3 aliphatic heterocycles. The second-order valence-corrected chi connectivity index (χ2v) is 15.6. The molecule has 0 saturated heterocycles. The number of hydrogen-bond donors (Lipinski definition) is 1. The lowest BCUT2D eigenvalue weighted by Crippen LogP contribution is -2.33. The molecular weight excluding hydrogens is 812 g/mol. The number of ether oxygens (including phenoxy) is 4. The average Bonchev–Trinajstić information content (AvgIpc) is 4.06. The van der Waals surface area contributed by atoms with E-state index in [1.165, 1.54) is 19.1 Å². The van der Waals surface area contributed by atoms with Gasteiger partial charge in [0, 0.05) is 73.4 Å². The van der Waals surface area contributed by atoms with Crippen molar-refractivity contribution < 1.29 is 47.7 Å². The van der Waals surface area contributed by atoms with E-state index in [4.69, 9.17) is 30.5 Å². The monoisotopic (exact) mass is 850 g/mol. The van der Waals surface area contributed by atoms with Gasteiger partial charge in [-0.25, -0.2) is 4.79 Å². The highest BCUT2D eigenvalue weighted by molar-refractivity contribution is 7.16. The fourth-order valence-electron chi connectivity index (χ4n) is 7.83. The minimum absolute atomic E-state index is 0.156. The molecule has 0 spiro atoms. The Labute approximate surface area is 353 Å². The first-order valence-electron chi connectivity index (χ1n) is 19.4. The number of hydrogen-bond acceptors (Lipinski definition) is 11. The second kappa shape index (κ2) is 17.6. The van der Waals surface area contributed by atoms with Crippen LogP contribution in [0.4, 0.5) is 16.2 Å². The van der Waals surface area contributed by atoms with Gasteiger partial charge in [0.1, 0.15) is 11.5 Å². The molecule has 0 radical (unpaired) electrons. The molecule has 1 aromatic heterocycles. The first kappa shape index (κ1) is 40.6. The third-order valence-electron chi connectivity index (χ3n) is 10.5. The van der Waals surface area contributed by atoms with Crippen LogP contribution in [-0.2, 0) is 30.3 Å². The van der Waals surface area contributed by atoms with Crippen molar-refractivity contribution >= 4 is 91.5 Å². The first-order valence-corrected chi connectivity index (χ1v) is 20.7. The standard InChI is InChI=1S/C44H39ClN4O10S/c1-26(50)58-35-23-34-41(32-9-5-4-8-31(32)35)27(24-45)25-49(34)43(54)38-11-10-37(60-38)42(53)47-16-14-29-28-6-2-3-7-30(28)36(22-33(29)47)59-44(55)46-15-18-56-20-21-57-19-17-48-39(51)12-13-40(48)52/h2-13,22-23,27H,14-21,24-25H2,1H3,(H,46,55). The number of rotatable bonds is 14. The van der Waals surface area contributed by atoms with Crippen molar-refractivity contribution in [3.05, 3.63) is 106 Å². The number of nitrogens with zero attached hydrogens (tertiary/aromatic N) is 3. The minimum Gasteiger partial charge on any atom is -0.426 e. The number of halogens is 1. The van der Waals surface area contributed by atoms with Gasteiger partial charge in [0.05, 0.1) is 54.1 Å². The molecule has 1 unspecified atom stereocenters. The molecule has 5 amide bonds. The molecule has 16 heteroatoms. The summed E-state index contributed by atoms with van der Waals surface area (Å²) in [6, 6.07) is 21.8. The molecule has 1 N–H and O–H groups in total. The summed E-state index contributed by atoms with van der Waals surface area (Å²) >= 11 is 7.55. The number of fused-ring (bicyclic) bond motifs is 6. The Morgan fingerprint density at radius 3 is 2.03 bits per heavy atom. The summed E-state index contributed by atoms with van der Waals surface area (Å²) in [6.07, 6.45) is 2.33. The van der Waals surface area contributed by atoms with E-state index in [1.807, 2.05) is 48.5 Å². The molecule has 3 aliphatic rings. The van der Waals surface area contributed by atoms with Crippen LogP contribution in [-0.4, -0.2) is 99.1 Å². The maximum Gasteiger partial charge on any atom is 0.412 e. The minimum atomic E-state index is -0.696. The van der Waals surface area contributed by atoms with Crippen LogP contribution in [0, 0.1) is 0 Å². The molecule has 60 heavy (non-hydrogen) atoms. The Kier molecular flexibility index (Phi) is 11.9. The molecule has 4 aromatic carbocycles. The number of carbonyl (C=O) groups is 6. The Morgan fingerprint density at radius 1 is 0.750 bits per heavy atom.